The van der Waals surface area contributed by atoms with Gasteiger partial charge in [-0.25, -0.2) is 14.8 Å². The number of urea groups is 1. The van der Waals surface area contributed by atoms with Crippen LogP contribution in [-0.4, -0.2) is 90.1 Å². The van der Waals surface area contributed by atoms with E-state index in [9.17, 15) is 9.59 Å². The molecule has 0 bridgehead atoms. The third kappa shape index (κ3) is 3.55. The molecule has 2 fully saturated rings. The van der Waals surface area contributed by atoms with Crippen molar-refractivity contribution in [2.24, 2.45) is 4.99 Å². The summed E-state index contributed by atoms with van der Waals surface area (Å²) in [6.45, 7) is 6.24. The van der Waals surface area contributed by atoms with Crippen molar-refractivity contribution >= 4 is 17.9 Å². The van der Waals surface area contributed by atoms with Crippen LogP contribution in [0.1, 0.15) is 11.1 Å². The number of fused-ring (bicyclic) bond motifs is 1. The van der Waals surface area contributed by atoms with Crippen molar-refractivity contribution in [1.29, 1.82) is 0 Å². The largest absolute Gasteiger partial charge is 0.325 e. The molecule has 0 spiro atoms. The number of nitrogens with zero attached hydrogens (tertiary/aromatic N) is 5. The molecule has 2 saturated heterocycles. The maximum absolute atomic E-state index is 12.6. The minimum Gasteiger partial charge on any atom is -0.322 e. The average Bonchev–Trinajstić information content (AvgIpc) is 3.02. The van der Waals surface area contributed by atoms with Gasteiger partial charge in [-0.05, 0) is 19.5 Å². The number of aryl methyl sites for hydroxylation is 1. The Bertz CT molecular complexity index is 786. The molecule has 9 heteroatoms. The molecule has 2 atom stereocenters. The summed E-state index contributed by atoms with van der Waals surface area (Å²) in [5.41, 5.74) is 5.67. The molecule has 4 rings (SSSR count). The van der Waals surface area contributed by atoms with Gasteiger partial charge in [0.2, 0.25) is 5.96 Å². The zero-order chi connectivity index (χ0) is 19.8. The molecule has 2 N–H and O–H groups in total. The molecule has 28 heavy (non-hydrogen) atoms. The molecular formula is C19H27N7O2. The van der Waals surface area contributed by atoms with Crippen molar-refractivity contribution in [3.8, 4) is 0 Å². The molecule has 0 radical (unpaired) electrons. The Morgan fingerprint density at radius 2 is 1.79 bits per heavy atom. The lowest BCUT2D eigenvalue weighted by Gasteiger charge is -2.37. The van der Waals surface area contributed by atoms with Crippen LogP contribution in [0.15, 0.2) is 29.3 Å². The minimum atomic E-state index is -0.543. The van der Waals surface area contributed by atoms with E-state index < -0.39 is 18.2 Å². The Labute approximate surface area is 164 Å². The fraction of sp³-hybridized carbons (Fsp3) is 0.526. The maximum Gasteiger partial charge on any atom is 0.325 e. The van der Waals surface area contributed by atoms with E-state index in [-0.39, 0.29) is 5.91 Å². The first-order chi connectivity index (χ1) is 13.4. The van der Waals surface area contributed by atoms with Crippen molar-refractivity contribution in [1.82, 2.24) is 30.5 Å². The number of hydrazine groups is 1. The topological polar surface area (TPSA) is 83.5 Å². The van der Waals surface area contributed by atoms with E-state index in [1.165, 1.54) is 10.5 Å². The standard InChI is InChI=1S/C19H27N7O2/c1-13-4-6-14(7-5-13)12-26-15-16(24(3)19(28)21-17(15)27)20-18(26)22-25-10-8-23(2)9-11-25/h4-7,15-16H,8-12H2,1-3H3,(H,20,22)(H,21,27,28). The Hall–Kier alpha value is -2.65. The van der Waals surface area contributed by atoms with E-state index in [0.717, 1.165) is 31.7 Å². The van der Waals surface area contributed by atoms with Gasteiger partial charge in [0.05, 0.1) is 0 Å². The number of guanidine groups is 1. The average molecular weight is 385 g/mol. The van der Waals surface area contributed by atoms with E-state index in [4.69, 9.17) is 4.99 Å². The molecule has 1 aromatic rings. The number of hydrogen-bond donors (Lipinski definition) is 2. The van der Waals surface area contributed by atoms with Crippen molar-refractivity contribution in [3.63, 3.8) is 0 Å². The number of carbonyl (C=O) groups is 2. The van der Waals surface area contributed by atoms with E-state index in [1.54, 1.807) is 7.05 Å². The van der Waals surface area contributed by atoms with Crippen LogP contribution >= 0.6 is 0 Å². The van der Waals surface area contributed by atoms with Crippen LogP contribution in [-0.2, 0) is 11.3 Å². The number of carbonyl (C=O) groups excluding carboxylic acids is 2. The fourth-order valence-corrected chi connectivity index (χ4v) is 3.74. The molecule has 3 aliphatic heterocycles. The molecule has 1 aromatic carbocycles. The van der Waals surface area contributed by atoms with Gasteiger partial charge in [-0.1, -0.05) is 29.8 Å². The Kier molecular flexibility index (Phi) is 4.94. The molecule has 3 amide bonds. The molecule has 0 saturated carbocycles. The molecular weight excluding hydrogens is 358 g/mol. The van der Waals surface area contributed by atoms with E-state index in [0.29, 0.717) is 12.5 Å². The SMILES string of the molecule is Cc1ccc(CN2C(NN3CCN(C)CC3)=NC3C2C(=O)NC(=O)N3C)cc1. The smallest absolute Gasteiger partial charge is 0.322 e. The van der Waals surface area contributed by atoms with E-state index in [2.05, 4.69) is 52.0 Å². The summed E-state index contributed by atoms with van der Waals surface area (Å²) in [7, 11) is 3.78. The zero-order valence-electron chi connectivity index (χ0n) is 16.6. The van der Waals surface area contributed by atoms with Crippen LogP contribution in [0.25, 0.3) is 0 Å². The number of benzene rings is 1. The van der Waals surface area contributed by atoms with Crippen LogP contribution in [0.5, 0.6) is 0 Å². The van der Waals surface area contributed by atoms with Gasteiger partial charge in [-0.15, -0.1) is 0 Å². The molecule has 0 aliphatic carbocycles. The summed E-state index contributed by atoms with van der Waals surface area (Å²) < 4.78 is 0. The maximum atomic E-state index is 12.6. The normalized spacial score (nSPS) is 26.2. The molecule has 150 valence electrons. The molecule has 0 aromatic heterocycles. The van der Waals surface area contributed by atoms with Crippen molar-refractivity contribution < 1.29 is 9.59 Å². The molecule has 2 unspecified atom stereocenters. The monoisotopic (exact) mass is 385 g/mol. The third-order valence-corrected chi connectivity index (χ3v) is 5.60. The van der Waals surface area contributed by atoms with Gasteiger partial charge in [0, 0.05) is 39.8 Å². The van der Waals surface area contributed by atoms with Gasteiger partial charge in [-0.2, -0.15) is 0 Å². The van der Waals surface area contributed by atoms with Crippen molar-refractivity contribution in [2.75, 3.05) is 40.3 Å². The van der Waals surface area contributed by atoms with Gasteiger partial charge in [0.15, 0.2) is 12.2 Å². The van der Waals surface area contributed by atoms with Crippen LogP contribution in [0, 0.1) is 6.92 Å². The Morgan fingerprint density at radius 3 is 2.46 bits per heavy atom. The summed E-state index contributed by atoms with van der Waals surface area (Å²) in [4.78, 5) is 35.2. The van der Waals surface area contributed by atoms with E-state index >= 15 is 0 Å². The summed E-state index contributed by atoms with van der Waals surface area (Å²) in [6.07, 6.45) is -0.526. The van der Waals surface area contributed by atoms with Crippen molar-refractivity contribution in [3.05, 3.63) is 35.4 Å². The molecule has 3 heterocycles. The lowest BCUT2D eigenvalue weighted by Crippen LogP contribution is -2.64. The number of hydrogen-bond acceptors (Lipinski definition) is 7. The quantitative estimate of drug-likeness (QED) is 0.750. The Balaban J connectivity index is 1.59. The van der Waals surface area contributed by atoms with Crippen LogP contribution in [0.4, 0.5) is 4.79 Å². The number of nitrogens with one attached hydrogen (secondary N) is 2. The first-order valence-corrected chi connectivity index (χ1v) is 9.60. The fourth-order valence-electron chi connectivity index (χ4n) is 3.74. The van der Waals surface area contributed by atoms with Gasteiger partial charge in [0.1, 0.15) is 0 Å². The number of likely N-dealkylation sites (N-methyl/N-ethyl adjacent to an activating group) is 2. The summed E-state index contributed by atoms with van der Waals surface area (Å²) in [6, 6.07) is 7.29. The predicted octanol–water partition coefficient (Wildman–Crippen LogP) is -0.205. The number of amides is 3. The third-order valence-electron chi connectivity index (χ3n) is 5.60. The highest BCUT2D eigenvalue weighted by atomic mass is 16.2. The number of rotatable bonds is 3. The lowest BCUT2D eigenvalue weighted by molar-refractivity contribution is -0.127. The molecule has 3 aliphatic rings. The minimum absolute atomic E-state index is 0.306. The summed E-state index contributed by atoms with van der Waals surface area (Å²) >= 11 is 0. The summed E-state index contributed by atoms with van der Waals surface area (Å²) in [5.74, 6) is 0.330. The molecule has 9 nitrogen and oxygen atoms in total. The van der Waals surface area contributed by atoms with E-state index in [1.807, 2.05) is 11.8 Å². The highest BCUT2D eigenvalue weighted by molar-refractivity contribution is 6.03. The van der Waals surface area contributed by atoms with Gasteiger partial charge in [-0.3, -0.25) is 15.5 Å². The highest BCUT2D eigenvalue weighted by Crippen LogP contribution is 2.25. The van der Waals surface area contributed by atoms with Gasteiger partial charge in [0.25, 0.3) is 5.91 Å². The predicted molar refractivity (Wildman–Crippen MR) is 105 cm³/mol. The van der Waals surface area contributed by atoms with Gasteiger partial charge >= 0.3 is 6.03 Å². The second kappa shape index (κ2) is 7.40. The van der Waals surface area contributed by atoms with Crippen molar-refractivity contribution in [2.45, 2.75) is 25.7 Å². The number of piperazine rings is 1. The second-order valence-electron chi connectivity index (χ2n) is 7.73. The lowest BCUT2D eigenvalue weighted by atomic mass is 10.1. The van der Waals surface area contributed by atoms with Crippen LogP contribution in [0.3, 0.4) is 0 Å². The number of imide groups is 1. The first-order valence-electron chi connectivity index (χ1n) is 9.60. The van der Waals surface area contributed by atoms with Crippen LogP contribution in [0.2, 0.25) is 0 Å². The number of aliphatic imine (C=N–C) groups is 1. The van der Waals surface area contributed by atoms with Crippen LogP contribution < -0.4 is 10.7 Å². The zero-order valence-corrected chi connectivity index (χ0v) is 16.6. The second-order valence-corrected chi connectivity index (χ2v) is 7.73. The highest BCUT2D eigenvalue weighted by Gasteiger charge is 2.48. The Morgan fingerprint density at radius 1 is 1.11 bits per heavy atom. The summed E-state index contributed by atoms with van der Waals surface area (Å²) in [5, 5.41) is 4.56. The first kappa shape index (κ1) is 18.7. The van der Waals surface area contributed by atoms with Gasteiger partial charge < -0.3 is 14.7 Å².